The summed E-state index contributed by atoms with van der Waals surface area (Å²) in [6, 6.07) is 5.30. The molecule has 0 aliphatic carbocycles. The van der Waals surface area contributed by atoms with Crippen LogP contribution in [-0.4, -0.2) is 44.4 Å². The van der Waals surface area contributed by atoms with Gasteiger partial charge < -0.3 is 24.8 Å². The standard InChI is InChI=1S/C17H26N2O4/c1-12(2)21-8-4-7-18-13(3)17(20)19-14-5-6-15-16(11-14)23-10-9-22-15/h5-6,11-13,18H,4,7-10H2,1-3H3,(H,19,20)/p+1/t13-/m0/s1. The number of benzene rings is 1. The first kappa shape index (κ1) is 17.6. The summed E-state index contributed by atoms with van der Waals surface area (Å²) in [7, 11) is 0. The van der Waals surface area contributed by atoms with Crippen molar-refractivity contribution in [1.29, 1.82) is 0 Å². The van der Waals surface area contributed by atoms with Gasteiger partial charge in [-0.3, -0.25) is 4.79 Å². The van der Waals surface area contributed by atoms with Crippen LogP contribution < -0.4 is 20.1 Å². The lowest BCUT2D eigenvalue weighted by Crippen LogP contribution is -2.91. The van der Waals surface area contributed by atoms with Crippen LogP contribution in [0.15, 0.2) is 18.2 Å². The normalized spacial score (nSPS) is 14.6. The zero-order valence-electron chi connectivity index (χ0n) is 14.1. The zero-order valence-corrected chi connectivity index (χ0v) is 14.1. The number of amides is 1. The molecule has 3 N–H and O–H groups in total. The molecule has 6 nitrogen and oxygen atoms in total. The summed E-state index contributed by atoms with van der Waals surface area (Å²) in [5.41, 5.74) is 0.725. The van der Waals surface area contributed by atoms with Crippen LogP contribution in [0.2, 0.25) is 0 Å². The van der Waals surface area contributed by atoms with Gasteiger partial charge in [0.05, 0.1) is 19.3 Å². The summed E-state index contributed by atoms with van der Waals surface area (Å²) in [4.78, 5) is 12.2. The summed E-state index contributed by atoms with van der Waals surface area (Å²) in [6.45, 7) is 8.63. The van der Waals surface area contributed by atoms with E-state index in [1.165, 1.54) is 0 Å². The van der Waals surface area contributed by atoms with Gasteiger partial charge in [-0.15, -0.1) is 0 Å². The molecule has 23 heavy (non-hydrogen) atoms. The van der Waals surface area contributed by atoms with E-state index in [2.05, 4.69) is 5.32 Å². The fraction of sp³-hybridized carbons (Fsp3) is 0.588. The second-order valence-electron chi connectivity index (χ2n) is 5.93. The monoisotopic (exact) mass is 323 g/mol. The highest BCUT2D eigenvalue weighted by molar-refractivity contribution is 5.93. The summed E-state index contributed by atoms with van der Waals surface area (Å²) < 4.78 is 16.5. The van der Waals surface area contributed by atoms with E-state index in [0.717, 1.165) is 31.0 Å². The number of hydrogen-bond acceptors (Lipinski definition) is 4. The lowest BCUT2D eigenvalue weighted by molar-refractivity contribution is -0.673. The summed E-state index contributed by atoms with van der Waals surface area (Å²) in [5, 5.41) is 4.94. The quantitative estimate of drug-likeness (QED) is 0.704. The average Bonchev–Trinajstić information content (AvgIpc) is 2.54. The number of rotatable bonds is 8. The summed E-state index contributed by atoms with van der Waals surface area (Å²) >= 11 is 0. The molecule has 0 radical (unpaired) electrons. The van der Waals surface area contributed by atoms with Crippen molar-refractivity contribution in [2.45, 2.75) is 39.3 Å². The lowest BCUT2D eigenvalue weighted by Gasteiger charge is -2.19. The lowest BCUT2D eigenvalue weighted by atomic mass is 10.2. The van der Waals surface area contributed by atoms with Gasteiger partial charge in [0, 0.05) is 18.2 Å². The largest absolute Gasteiger partial charge is 0.486 e. The number of nitrogens with one attached hydrogen (secondary N) is 1. The first-order chi connectivity index (χ1) is 11.1. The van der Waals surface area contributed by atoms with Gasteiger partial charge >= 0.3 is 0 Å². The van der Waals surface area contributed by atoms with Gasteiger partial charge in [0.1, 0.15) is 13.2 Å². The molecule has 1 aliphatic rings. The Kier molecular flexibility index (Phi) is 6.67. The van der Waals surface area contributed by atoms with Crippen molar-refractivity contribution in [3.8, 4) is 11.5 Å². The minimum absolute atomic E-state index is 0.0218. The Balaban J connectivity index is 1.75. The van der Waals surface area contributed by atoms with Crippen LogP contribution in [0.5, 0.6) is 11.5 Å². The molecule has 6 heteroatoms. The highest BCUT2D eigenvalue weighted by atomic mass is 16.6. The molecule has 1 atom stereocenters. The van der Waals surface area contributed by atoms with E-state index in [1.807, 2.05) is 38.2 Å². The van der Waals surface area contributed by atoms with Crippen molar-refractivity contribution >= 4 is 11.6 Å². The second-order valence-corrected chi connectivity index (χ2v) is 5.93. The molecule has 2 rings (SSSR count). The molecule has 1 heterocycles. The van der Waals surface area contributed by atoms with Gasteiger partial charge in [-0.2, -0.15) is 0 Å². The van der Waals surface area contributed by atoms with Crippen LogP contribution in [0.4, 0.5) is 5.69 Å². The number of fused-ring (bicyclic) bond motifs is 1. The first-order valence-electron chi connectivity index (χ1n) is 8.21. The molecule has 1 aromatic rings. The molecule has 0 saturated carbocycles. The van der Waals surface area contributed by atoms with Crippen molar-refractivity contribution in [3.63, 3.8) is 0 Å². The topological polar surface area (TPSA) is 73.4 Å². The molecule has 128 valence electrons. The van der Waals surface area contributed by atoms with Crippen molar-refractivity contribution < 1.29 is 24.3 Å². The van der Waals surface area contributed by atoms with E-state index in [4.69, 9.17) is 14.2 Å². The molecule has 0 saturated heterocycles. The number of carbonyl (C=O) groups is 1. The Bertz CT molecular complexity index is 519. The third kappa shape index (κ3) is 5.73. The molecule has 1 amide bonds. The maximum absolute atomic E-state index is 12.2. The molecule has 0 unspecified atom stereocenters. The van der Waals surface area contributed by atoms with Crippen molar-refractivity contribution in [3.05, 3.63) is 18.2 Å². The van der Waals surface area contributed by atoms with Gasteiger partial charge in [-0.1, -0.05) is 0 Å². The number of carbonyl (C=O) groups excluding carboxylic acids is 1. The molecule has 1 aromatic carbocycles. The Labute approximate surface area is 137 Å². The highest BCUT2D eigenvalue weighted by Gasteiger charge is 2.17. The van der Waals surface area contributed by atoms with Crippen LogP contribution in [0.25, 0.3) is 0 Å². The van der Waals surface area contributed by atoms with Crippen LogP contribution >= 0.6 is 0 Å². The maximum Gasteiger partial charge on any atom is 0.282 e. The fourth-order valence-corrected chi connectivity index (χ4v) is 2.25. The Morgan fingerprint density at radius 2 is 2.00 bits per heavy atom. The number of anilines is 1. The van der Waals surface area contributed by atoms with E-state index in [0.29, 0.717) is 19.0 Å². The third-order valence-electron chi connectivity index (χ3n) is 3.54. The van der Waals surface area contributed by atoms with Crippen molar-refractivity contribution in [1.82, 2.24) is 0 Å². The molecule has 0 fully saturated rings. The summed E-state index contributed by atoms with van der Waals surface area (Å²) in [6.07, 6.45) is 1.19. The van der Waals surface area contributed by atoms with E-state index >= 15 is 0 Å². The van der Waals surface area contributed by atoms with Gasteiger partial charge in [0.25, 0.3) is 5.91 Å². The van der Waals surface area contributed by atoms with E-state index < -0.39 is 0 Å². The Morgan fingerprint density at radius 3 is 2.74 bits per heavy atom. The summed E-state index contributed by atoms with van der Waals surface area (Å²) in [5.74, 6) is 1.38. The average molecular weight is 323 g/mol. The zero-order chi connectivity index (χ0) is 16.7. The number of hydrogen-bond donors (Lipinski definition) is 2. The Morgan fingerprint density at radius 1 is 1.26 bits per heavy atom. The maximum atomic E-state index is 12.2. The second kappa shape index (κ2) is 8.74. The smallest absolute Gasteiger partial charge is 0.282 e. The SMILES string of the molecule is CC(C)OCCC[NH2+][C@@H](C)C(=O)Nc1ccc2c(c1)OCCO2. The molecular formula is C17H27N2O4+. The van der Waals surface area contributed by atoms with Crippen LogP contribution in [0.1, 0.15) is 27.2 Å². The minimum Gasteiger partial charge on any atom is -0.486 e. The fourth-order valence-electron chi connectivity index (χ4n) is 2.25. The van der Waals surface area contributed by atoms with Gasteiger partial charge in [-0.05, 0) is 32.9 Å². The predicted molar refractivity (Wildman–Crippen MR) is 88.0 cm³/mol. The number of nitrogens with two attached hydrogens (primary N) is 1. The minimum atomic E-state index is -0.151. The van der Waals surface area contributed by atoms with Crippen LogP contribution in [0, 0.1) is 0 Å². The highest BCUT2D eigenvalue weighted by Crippen LogP contribution is 2.32. The van der Waals surface area contributed by atoms with Crippen molar-refractivity contribution in [2.75, 3.05) is 31.7 Å². The van der Waals surface area contributed by atoms with Gasteiger partial charge in [0.2, 0.25) is 0 Å². The van der Waals surface area contributed by atoms with E-state index in [-0.39, 0.29) is 18.1 Å². The molecular weight excluding hydrogens is 296 g/mol. The number of quaternary nitrogens is 1. The number of ether oxygens (including phenoxy) is 3. The van der Waals surface area contributed by atoms with Crippen LogP contribution in [-0.2, 0) is 9.53 Å². The third-order valence-corrected chi connectivity index (χ3v) is 3.54. The molecule has 0 spiro atoms. The molecule has 1 aliphatic heterocycles. The van der Waals surface area contributed by atoms with Crippen molar-refractivity contribution in [2.24, 2.45) is 0 Å². The predicted octanol–water partition coefficient (Wildman–Crippen LogP) is 1.16. The van der Waals surface area contributed by atoms with Gasteiger partial charge in [0.15, 0.2) is 17.5 Å². The van der Waals surface area contributed by atoms with Gasteiger partial charge in [-0.25, -0.2) is 0 Å². The van der Waals surface area contributed by atoms with Crippen LogP contribution in [0.3, 0.4) is 0 Å². The Hall–Kier alpha value is -1.79. The first-order valence-corrected chi connectivity index (χ1v) is 8.21. The molecule has 0 bridgehead atoms. The van der Waals surface area contributed by atoms with E-state index in [9.17, 15) is 4.79 Å². The molecule has 0 aromatic heterocycles. The van der Waals surface area contributed by atoms with E-state index in [1.54, 1.807) is 6.07 Å².